The third kappa shape index (κ3) is 5.40. The van der Waals surface area contributed by atoms with E-state index in [0.717, 1.165) is 24.3 Å². The molecular weight excluding hydrogens is 576 g/mol. The molecule has 0 saturated carbocycles. The van der Waals surface area contributed by atoms with Gasteiger partial charge in [-0.25, -0.2) is 4.79 Å². The topological polar surface area (TPSA) is 257 Å². The first kappa shape index (κ1) is 29.3. The molecule has 1 aliphatic rings. The Labute approximate surface area is 239 Å². The Morgan fingerprint density at radius 1 is 0.837 bits per heavy atom. The van der Waals surface area contributed by atoms with E-state index in [1.54, 1.807) is 0 Å². The van der Waals surface area contributed by atoms with Crippen LogP contribution in [0.25, 0.3) is 22.3 Å². The number of phenolic OH excluding ortho intramolecular Hbond substituents is 6. The number of fused-ring (bicyclic) bond motifs is 1. The van der Waals surface area contributed by atoms with Crippen molar-refractivity contribution in [3.8, 4) is 51.6 Å². The van der Waals surface area contributed by atoms with Gasteiger partial charge >= 0.3 is 5.97 Å². The molecule has 1 fully saturated rings. The lowest BCUT2D eigenvalue weighted by Gasteiger charge is -2.41. The number of carbonyl (C=O) groups is 1. The quantitative estimate of drug-likeness (QED) is 0.109. The van der Waals surface area contributed by atoms with Gasteiger partial charge in [0.25, 0.3) is 0 Å². The summed E-state index contributed by atoms with van der Waals surface area (Å²) in [5.41, 5.74) is -1.14. The Balaban J connectivity index is 1.51. The maximum Gasteiger partial charge on any atom is 0.339 e. The van der Waals surface area contributed by atoms with E-state index >= 15 is 0 Å². The fourth-order valence-corrected chi connectivity index (χ4v) is 4.46. The molecule has 43 heavy (non-hydrogen) atoms. The number of rotatable bonds is 6. The van der Waals surface area contributed by atoms with Crippen molar-refractivity contribution in [1.29, 1.82) is 0 Å². The zero-order valence-electron chi connectivity index (χ0n) is 21.7. The van der Waals surface area contributed by atoms with E-state index in [1.165, 1.54) is 24.3 Å². The molecule has 9 N–H and O–H groups in total. The van der Waals surface area contributed by atoms with Crippen LogP contribution in [0, 0.1) is 0 Å². The number of phenols is 6. The average molecular weight is 600 g/mol. The van der Waals surface area contributed by atoms with Crippen molar-refractivity contribution in [1.82, 2.24) is 0 Å². The Morgan fingerprint density at radius 2 is 1.49 bits per heavy atom. The van der Waals surface area contributed by atoms with Gasteiger partial charge in [0.05, 0.1) is 12.2 Å². The summed E-state index contributed by atoms with van der Waals surface area (Å²) in [4.78, 5) is 25.8. The maximum atomic E-state index is 13.0. The van der Waals surface area contributed by atoms with Crippen LogP contribution in [0.15, 0.2) is 57.7 Å². The van der Waals surface area contributed by atoms with E-state index in [-0.39, 0.29) is 17.1 Å². The second kappa shape index (κ2) is 11.2. The molecule has 0 spiro atoms. The van der Waals surface area contributed by atoms with Crippen molar-refractivity contribution in [2.45, 2.75) is 30.7 Å². The van der Waals surface area contributed by atoms with Crippen LogP contribution >= 0.6 is 0 Å². The number of aliphatic hydroxyl groups is 3. The minimum atomic E-state index is -1.98. The van der Waals surface area contributed by atoms with Gasteiger partial charge in [0.2, 0.25) is 12.0 Å². The van der Waals surface area contributed by atoms with Gasteiger partial charge in [-0.15, -0.1) is 0 Å². The second-order valence-corrected chi connectivity index (χ2v) is 9.53. The Kier molecular flexibility index (Phi) is 7.64. The predicted molar refractivity (Wildman–Crippen MR) is 142 cm³/mol. The smallest absolute Gasteiger partial charge is 0.339 e. The summed E-state index contributed by atoms with van der Waals surface area (Å²) in [6.07, 6.45) is -9.17. The summed E-state index contributed by atoms with van der Waals surface area (Å²) in [5.74, 6) is -6.46. The lowest BCUT2D eigenvalue weighted by atomic mass is 9.99. The van der Waals surface area contributed by atoms with Gasteiger partial charge in [-0.3, -0.25) is 4.79 Å². The highest BCUT2D eigenvalue weighted by molar-refractivity contribution is 5.91. The zero-order valence-corrected chi connectivity index (χ0v) is 21.7. The van der Waals surface area contributed by atoms with Crippen molar-refractivity contribution < 1.29 is 69.4 Å². The van der Waals surface area contributed by atoms with Crippen LogP contribution < -0.4 is 10.2 Å². The third-order valence-corrected chi connectivity index (χ3v) is 6.69. The first-order valence-corrected chi connectivity index (χ1v) is 12.5. The molecule has 3 aromatic carbocycles. The summed E-state index contributed by atoms with van der Waals surface area (Å²) in [5, 5.41) is 90.4. The fraction of sp³-hybridized carbons (Fsp3) is 0.214. The number of esters is 1. The summed E-state index contributed by atoms with van der Waals surface area (Å²) in [6.45, 7) is -0.849. The molecular formula is C28H24O15. The van der Waals surface area contributed by atoms with Crippen molar-refractivity contribution >= 4 is 16.9 Å². The summed E-state index contributed by atoms with van der Waals surface area (Å²) in [7, 11) is 0. The number of aliphatic hydroxyl groups excluding tert-OH is 3. The highest BCUT2D eigenvalue weighted by Gasteiger charge is 2.48. The summed E-state index contributed by atoms with van der Waals surface area (Å²) >= 11 is 0. The van der Waals surface area contributed by atoms with E-state index in [0.29, 0.717) is 5.56 Å². The van der Waals surface area contributed by atoms with E-state index in [2.05, 4.69) is 0 Å². The lowest BCUT2D eigenvalue weighted by Crippen LogP contribution is -2.61. The average Bonchev–Trinajstić information content (AvgIpc) is 2.96. The van der Waals surface area contributed by atoms with E-state index in [1.807, 2.05) is 0 Å². The normalized spacial score (nSPS) is 21.9. The molecule has 0 amide bonds. The van der Waals surface area contributed by atoms with Crippen LogP contribution in [0.4, 0.5) is 0 Å². The molecule has 5 atom stereocenters. The molecule has 1 aliphatic heterocycles. The zero-order chi connectivity index (χ0) is 31.2. The monoisotopic (exact) mass is 600 g/mol. The molecule has 4 aromatic rings. The standard InChI is InChI=1S/C28H24O15/c29-9-19-22(36)24(38)26(42-27(39)11-5-14(32)21(35)15(33)6-11)28(41-19)43-25-16(34)8-18-20(23(25)37)13(31)7-17(40-18)10-1-3-12(30)4-2-10/h1-8,19,22,24,26,28-30,32-38H,9H2/t19-,22-,24+,26-,28+/m1/s1. The van der Waals surface area contributed by atoms with Crippen molar-refractivity contribution in [3.63, 3.8) is 0 Å². The van der Waals surface area contributed by atoms with Gasteiger partial charge in [0, 0.05) is 17.7 Å². The van der Waals surface area contributed by atoms with Crippen LogP contribution in [0.3, 0.4) is 0 Å². The Bertz CT molecular complexity index is 1720. The van der Waals surface area contributed by atoms with Gasteiger partial charge in [0.15, 0.2) is 40.3 Å². The third-order valence-electron chi connectivity index (χ3n) is 6.69. The number of hydrogen-bond acceptors (Lipinski definition) is 15. The van der Waals surface area contributed by atoms with E-state index in [9.17, 15) is 55.5 Å². The largest absolute Gasteiger partial charge is 0.508 e. The summed E-state index contributed by atoms with van der Waals surface area (Å²) < 4.78 is 21.9. The Hall–Kier alpha value is -5.22. The summed E-state index contributed by atoms with van der Waals surface area (Å²) in [6, 6.07) is 9.12. The molecule has 0 aliphatic carbocycles. The molecule has 5 rings (SSSR count). The van der Waals surface area contributed by atoms with Gasteiger partial charge in [0.1, 0.15) is 40.8 Å². The predicted octanol–water partition coefficient (Wildman–Crippen LogP) is 0.737. The van der Waals surface area contributed by atoms with Gasteiger partial charge in [-0.2, -0.15) is 0 Å². The minimum absolute atomic E-state index is 0.0293. The number of ether oxygens (including phenoxy) is 3. The molecule has 0 radical (unpaired) electrons. The van der Waals surface area contributed by atoms with Crippen LogP contribution in [0.2, 0.25) is 0 Å². The van der Waals surface area contributed by atoms with Gasteiger partial charge in [-0.1, -0.05) is 0 Å². The van der Waals surface area contributed by atoms with Crippen LogP contribution in [-0.2, 0) is 9.47 Å². The Morgan fingerprint density at radius 3 is 2.12 bits per heavy atom. The van der Waals surface area contributed by atoms with Crippen LogP contribution in [-0.4, -0.2) is 89.2 Å². The van der Waals surface area contributed by atoms with Gasteiger partial charge in [-0.05, 0) is 36.4 Å². The van der Waals surface area contributed by atoms with Crippen molar-refractivity contribution in [2.75, 3.05) is 6.61 Å². The van der Waals surface area contributed by atoms with Crippen molar-refractivity contribution in [2.24, 2.45) is 0 Å². The molecule has 226 valence electrons. The maximum absolute atomic E-state index is 13.0. The number of benzene rings is 3. The molecule has 0 bridgehead atoms. The molecule has 1 saturated heterocycles. The second-order valence-electron chi connectivity index (χ2n) is 9.53. The molecule has 1 aromatic heterocycles. The number of carbonyl (C=O) groups excluding carboxylic acids is 1. The molecule has 15 heteroatoms. The first-order chi connectivity index (χ1) is 20.4. The van der Waals surface area contributed by atoms with Crippen molar-refractivity contribution in [3.05, 3.63) is 64.3 Å². The molecule has 0 unspecified atom stereocenters. The first-order valence-electron chi connectivity index (χ1n) is 12.5. The van der Waals surface area contributed by atoms with Gasteiger partial charge < -0.3 is 64.6 Å². The number of hydrogen-bond donors (Lipinski definition) is 9. The van der Waals surface area contributed by atoms with Crippen LogP contribution in [0.1, 0.15) is 10.4 Å². The molecule has 15 nitrogen and oxygen atoms in total. The molecule has 2 heterocycles. The SMILES string of the molecule is O=C(O[C@H]1[C@H](Oc2c(O)cc3oc(-c4ccc(O)cc4)cc(=O)c3c2O)O[C@H](CO)[C@@H](O)[C@@H]1O)c1cc(O)c(O)c(O)c1. The highest BCUT2D eigenvalue weighted by atomic mass is 16.7. The fourth-order valence-electron chi connectivity index (χ4n) is 4.46. The van der Waals surface area contributed by atoms with E-state index in [4.69, 9.17) is 18.6 Å². The minimum Gasteiger partial charge on any atom is -0.508 e. The highest BCUT2D eigenvalue weighted by Crippen LogP contribution is 2.44. The lowest BCUT2D eigenvalue weighted by molar-refractivity contribution is -0.277. The van der Waals surface area contributed by atoms with Crippen LogP contribution in [0.5, 0.6) is 40.2 Å². The van der Waals surface area contributed by atoms with E-state index < -0.39 is 94.2 Å². The number of aromatic hydroxyl groups is 6.